The van der Waals surface area contributed by atoms with Crippen molar-refractivity contribution in [3.63, 3.8) is 0 Å². The highest BCUT2D eigenvalue weighted by Gasteiger charge is 2.35. The van der Waals surface area contributed by atoms with Gasteiger partial charge >= 0.3 is 0 Å². The summed E-state index contributed by atoms with van der Waals surface area (Å²) in [6, 6.07) is 15.3. The molecule has 4 rings (SSSR count). The molecule has 2 aromatic carbocycles. The van der Waals surface area contributed by atoms with Gasteiger partial charge in [0.25, 0.3) is 5.91 Å². The van der Waals surface area contributed by atoms with E-state index in [9.17, 15) is 4.79 Å². The SMILES string of the molecule is COc1ccc(N(C(=O)c2ccc(OC[C@H]3CCCO3)cc2)[C@H](C)C2CC2)cc1. The average molecular weight is 395 g/mol. The summed E-state index contributed by atoms with van der Waals surface area (Å²) in [6.45, 7) is 3.52. The number of anilines is 1. The number of nitrogens with zero attached hydrogens (tertiary/aromatic N) is 1. The molecule has 0 aromatic heterocycles. The summed E-state index contributed by atoms with van der Waals surface area (Å²) in [5.41, 5.74) is 1.56. The minimum absolute atomic E-state index is 0.0141. The van der Waals surface area contributed by atoms with E-state index >= 15 is 0 Å². The molecular weight excluding hydrogens is 366 g/mol. The molecule has 29 heavy (non-hydrogen) atoms. The van der Waals surface area contributed by atoms with E-state index in [4.69, 9.17) is 14.2 Å². The topological polar surface area (TPSA) is 48.0 Å². The van der Waals surface area contributed by atoms with Crippen molar-refractivity contribution in [1.29, 1.82) is 0 Å². The van der Waals surface area contributed by atoms with Crippen molar-refractivity contribution in [1.82, 2.24) is 0 Å². The Hall–Kier alpha value is -2.53. The van der Waals surface area contributed by atoms with Crippen molar-refractivity contribution in [2.75, 3.05) is 25.2 Å². The van der Waals surface area contributed by atoms with Crippen LogP contribution in [-0.2, 0) is 4.74 Å². The minimum atomic E-state index is 0.0141. The molecule has 0 unspecified atom stereocenters. The highest BCUT2D eigenvalue weighted by atomic mass is 16.5. The van der Waals surface area contributed by atoms with Gasteiger partial charge in [-0.25, -0.2) is 0 Å². The van der Waals surface area contributed by atoms with Gasteiger partial charge < -0.3 is 19.1 Å². The van der Waals surface area contributed by atoms with E-state index in [0.29, 0.717) is 18.1 Å². The Morgan fingerprint density at radius 2 is 1.76 bits per heavy atom. The van der Waals surface area contributed by atoms with Gasteiger partial charge in [-0.15, -0.1) is 0 Å². The molecule has 2 fully saturated rings. The lowest BCUT2D eigenvalue weighted by Crippen LogP contribution is -2.40. The quantitative estimate of drug-likeness (QED) is 0.650. The molecule has 1 aliphatic heterocycles. The van der Waals surface area contributed by atoms with Crippen LogP contribution < -0.4 is 14.4 Å². The maximum Gasteiger partial charge on any atom is 0.258 e. The number of ether oxygens (including phenoxy) is 3. The molecule has 1 aliphatic carbocycles. The second-order valence-corrected chi connectivity index (χ2v) is 7.92. The Bertz CT molecular complexity index is 808. The van der Waals surface area contributed by atoms with Crippen molar-refractivity contribution in [3.8, 4) is 11.5 Å². The summed E-state index contributed by atoms with van der Waals surface area (Å²) in [5, 5.41) is 0. The van der Waals surface area contributed by atoms with Crippen molar-refractivity contribution < 1.29 is 19.0 Å². The van der Waals surface area contributed by atoms with Crippen LogP contribution in [0.4, 0.5) is 5.69 Å². The van der Waals surface area contributed by atoms with Gasteiger partial charge in [0.2, 0.25) is 0 Å². The van der Waals surface area contributed by atoms with E-state index < -0.39 is 0 Å². The van der Waals surface area contributed by atoms with E-state index in [2.05, 4.69) is 6.92 Å². The molecule has 1 amide bonds. The molecular formula is C24H29NO4. The lowest BCUT2D eigenvalue weighted by molar-refractivity contribution is 0.0679. The predicted octanol–water partition coefficient (Wildman–Crippen LogP) is 4.70. The Morgan fingerprint density at radius 1 is 1.07 bits per heavy atom. The van der Waals surface area contributed by atoms with Crippen LogP contribution in [0.5, 0.6) is 11.5 Å². The molecule has 154 valence electrons. The summed E-state index contributed by atoms with van der Waals surface area (Å²) in [7, 11) is 1.65. The summed E-state index contributed by atoms with van der Waals surface area (Å²) in [5.74, 6) is 2.13. The summed E-state index contributed by atoms with van der Waals surface area (Å²) in [6.07, 6.45) is 4.68. The highest BCUT2D eigenvalue weighted by molar-refractivity contribution is 6.06. The maximum atomic E-state index is 13.4. The van der Waals surface area contributed by atoms with Crippen LogP contribution in [-0.4, -0.2) is 38.4 Å². The van der Waals surface area contributed by atoms with E-state index in [-0.39, 0.29) is 18.1 Å². The van der Waals surface area contributed by atoms with Crippen LogP contribution in [0.2, 0.25) is 0 Å². The Kier molecular flexibility index (Phi) is 6.05. The summed E-state index contributed by atoms with van der Waals surface area (Å²) in [4.78, 5) is 15.3. The molecule has 0 N–H and O–H groups in total. The lowest BCUT2D eigenvalue weighted by Gasteiger charge is -2.30. The molecule has 2 aromatic rings. The molecule has 0 bridgehead atoms. The van der Waals surface area contributed by atoms with Gasteiger partial charge in [0.15, 0.2) is 0 Å². The fraction of sp³-hybridized carbons (Fsp3) is 0.458. The number of rotatable bonds is 8. The number of benzene rings is 2. The van der Waals surface area contributed by atoms with E-state index in [1.807, 2.05) is 53.4 Å². The summed E-state index contributed by atoms with van der Waals surface area (Å²) >= 11 is 0. The fourth-order valence-electron chi connectivity index (χ4n) is 3.87. The molecule has 2 atom stereocenters. The smallest absolute Gasteiger partial charge is 0.258 e. The standard InChI is InChI=1S/C24H29NO4/c1-17(18-5-6-18)25(20-9-13-21(27-2)14-10-20)24(26)19-7-11-22(12-8-19)29-16-23-4-3-15-28-23/h7-14,17-18,23H,3-6,15-16H2,1-2H3/t17-,23-/m1/s1. The van der Waals surface area contributed by atoms with Crippen LogP contribution in [0.1, 0.15) is 43.0 Å². The zero-order chi connectivity index (χ0) is 20.2. The van der Waals surface area contributed by atoms with Gasteiger partial charge in [-0.3, -0.25) is 4.79 Å². The molecule has 2 aliphatic rings. The molecule has 0 spiro atoms. The third-order valence-electron chi connectivity index (χ3n) is 5.84. The monoisotopic (exact) mass is 395 g/mol. The van der Waals surface area contributed by atoms with Gasteiger partial charge in [0.1, 0.15) is 18.1 Å². The first-order valence-electron chi connectivity index (χ1n) is 10.5. The number of carbonyl (C=O) groups is 1. The van der Waals surface area contributed by atoms with Gasteiger partial charge in [0, 0.05) is 23.9 Å². The number of methoxy groups -OCH3 is 1. The Labute approximate surface area is 172 Å². The van der Waals surface area contributed by atoms with E-state index in [0.717, 1.165) is 36.6 Å². The molecule has 5 nitrogen and oxygen atoms in total. The zero-order valence-corrected chi connectivity index (χ0v) is 17.2. The zero-order valence-electron chi connectivity index (χ0n) is 17.2. The number of carbonyl (C=O) groups excluding carboxylic acids is 1. The highest BCUT2D eigenvalue weighted by Crippen LogP contribution is 2.38. The largest absolute Gasteiger partial charge is 0.497 e. The minimum Gasteiger partial charge on any atom is -0.497 e. The first-order valence-corrected chi connectivity index (χ1v) is 10.5. The Morgan fingerprint density at radius 3 is 2.34 bits per heavy atom. The second-order valence-electron chi connectivity index (χ2n) is 7.92. The molecule has 5 heteroatoms. The number of hydrogen-bond donors (Lipinski definition) is 0. The Balaban J connectivity index is 1.48. The average Bonchev–Trinajstić information content (AvgIpc) is 3.49. The first-order chi connectivity index (χ1) is 14.2. The number of hydrogen-bond acceptors (Lipinski definition) is 4. The third-order valence-corrected chi connectivity index (χ3v) is 5.84. The van der Waals surface area contributed by atoms with Gasteiger partial charge in [-0.1, -0.05) is 0 Å². The van der Waals surface area contributed by atoms with Gasteiger partial charge in [-0.2, -0.15) is 0 Å². The molecule has 1 saturated carbocycles. The van der Waals surface area contributed by atoms with E-state index in [1.165, 1.54) is 12.8 Å². The van der Waals surface area contributed by atoms with Crippen molar-refractivity contribution in [2.24, 2.45) is 5.92 Å². The lowest BCUT2D eigenvalue weighted by atomic mass is 10.1. The first kappa shape index (κ1) is 19.8. The molecule has 0 radical (unpaired) electrons. The predicted molar refractivity (Wildman–Crippen MR) is 113 cm³/mol. The van der Waals surface area contributed by atoms with Gasteiger partial charge in [0.05, 0.1) is 13.2 Å². The van der Waals surface area contributed by atoms with Crippen LogP contribution in [0.25, 0.3) is 0 Å². The van der Waals surface area contributed by atoms with Crippen molar-refractivity contribution >= 4 is 11.6 Å². The van der Waals surface area contributed by atoms with Crippen LogP contribution in [0.3, 0.4) is 0 Å². The number of amides is 1. The van der Waals surface area contributed by atoms with Crippen LogP contribution >= 0.6 is 0 Å². The molecule has 1 heterocycles. The second kappa shape index (κ2) is 8.87. The normalized spacial score (nSPS) is 19.6. The van der Waals surface area contributed by atoms with Crippen LogP contribution in [0.15, 0.2) is 48.5 Å². The molecule has 1 saturated heterocycles. The van der Waals surface area contributed by atoms with Gasteiger partial charge in [-0.05, 0) is 87.1 Å². The van der Waals surface area contributed by atoms with Crippen LogP contribution in [0, 0.1) is 5.92 Å². The van der Waals surface area contributed by atoms with E-state index in [1.54, 1.807) is 7.11 Å². The third kappa shape index (κ3) is 4.73. The van der Waals surface area contributed by atoms with Crippen molar-refractivity contribution in [3.05, 3.63) is 54.1 Å². The van der Waals surface area contributed by atoms with Crippen molar-refractivity contribution in [2.45, 2.75) is 44.8 Å². The fourth-order valence-corrected chi connectivity index (χ4v) is 3.87. The summed E-state index contributed by atoms with van der Waals surface area (Å²) < 4.78 is 16.7. The maximum absolute atomic E-state index is 13.4.